The predicted octanol–water partition coefficient (Wildman–Crippen LogP) is 4.44. The van der Waals surface area contributed by atoms with Crippen LogP contribution < -0.4 is 20.9 Å². The van der Waals surface area contributed by atoms with Crippen molar-refractivity contribution >= 4 is 22.6 Å². The fourth-order valence-corrected chi connectivity index (χ4v) is 2.84. The average Bonchev–Trinajstić information content (AvgIpc) is 2.72. The summed E-state index contributed by atoms with van der Waals surface area (Å²) in [7, 11) is 0. The molecule has 7 nitrogen and oxygen atoms in total. The predicted molar refractivity (Wildman–Crippen MR) is 110 cm³/mol. The van der Waals surface area contributed by atoms with E-state index in [4.69, 9.17) is 4.74 Å². The molecule has 3 N–H and O–H groups in total. The number of unbranched alkanes of at least 4 members (excludes halogenated alkanes) is 1. The van der Waals surface area contributed by atoms with Crippen LogP contribution in [0.4, 0.5) is 23.7 Å². The van der Waals surface area contributed by atoms with E-state index < -0.39 is 17.9 Å². The van der Waals surface area contributed by atoms with Gasteiger partial charge in [-0.05, 0) is 36.8 Å². The van der Waals surface area contributed by atoms with Gasteiger partial charge in [0.25, 0.3) is 0 Å². The number of carbonyl (C=O) groups is 1. The van der Waals surface area contributed by atoms with Crippen molar-refractivity contribution in [2.45, 2.75) is 32.5 Å². The number of fused-ring (bicyclic) bond motifs is 1. The van der Waals surface area contributed by atoms with Crippen LogP contribution in [0.5, 0.6) is 5.88 Å². The highest BCUT2D eigenvalue weighted by atomic mass is 19.4. The highest BCUT2D eigenvalue weighted by Gasteiger charge is 2.33. The van der Waals surface area contributed by atoms with Crippen LogP contribution >= 0.6 is 0 Å². The summed E-state index contributed by atoms with van der Waals surface area (Å²) in [5.41, 5.74) is 0.0259. The Balaban J connectivity index is 1.72. The van der Waals surface area contributed by atoms with Crippen molar-refractivity contribution < 1.29 is 22.7 Å². The average molecular weight is 434 g/mol. The Morgan fingerprint density at radius 3 is 2.71 bits per heavy atom. The SMILES string of the molecule is CCCCOc1nc(C(F)(F)F)ccc1CNC(=O)Nc1cccc2[nH]c(=O)ccc12. The Morgan fingerprint density at radius 2 is 1.97 bits per heavy atom. The van der Waals surface area contributed by atoms with Gasteiger partial charge in [0.15, 0.2) is 0 Å². The normalized spacial score (nSPS) is 11.4. The minimum atomic E-state index is -4.60. The number of aromatic amines is 1. The van der Waals surface area contributed by atoms with Gasteiger partial charge in [0.05, 0.1) is 17.8 Å². The van der Waals surface area contributed by atoms with E-state index in [2.05, 4.69) is 20.6 Å². The van der Waals surface area contributed by atoms with Gasteiger partial charge < -0.3 is 20.4 Å². The van der Waals surface area contributed by atoms with E-state index >= 15 is 0 Å². The number of halogens is 3. The van der Waals surface area contributed by atoms with Crippen LogP contribution in [0.15, 0.2) is 47.3 Å². The molecular weight excluding hydrogens is 413 g/mol. The van der Waals surface area contributed by atoms with Crippen LogP contribution in [0, 0.1) is 0 Å². The fourth-order valence-electron chi connectivity index (χ4n) is 2.84. The topological polar surface area (TPSA) is 96.1 Å². The number of H-pyrrole nitrogens is 1. The number of alkyl halides is 3. The molecule has 0 aliphatic carbocycles. The number of hydrogen-bond donors (Lipinski definition) is 3. The third-order valence-corrected chi connectivity index (χ3v) is 4.42. The number of rotatable bonds is 7. The first kappa shape index (κ1) is 22.1. The molecule has 2 aromatic heterocycles. The maximum Gasteiger partial charge on any atom is 0.433 e. The van der Waals surface area contributed by atoms with Crippen LogP contribution in [-0.4, -0.2) is 22.6 Å². The summed E-state index contributed by atoms with van der Waals surface area (Å²) >= 11 is 0. The monoisotopic (exact) mass is 434 g/mol. The Hall–Kier alpha value is -3.56. The summed E-state index contributed by atoms with van der Waals surface area (Å²) in [5, 5.41) is 5.89. The first-order valence-electron chi connectivity index (χ1n) is 9.64. The van der Waals surface area contributed by atoms with E-state index in [1.54, 1.807) is 24.3 Å². The summed E-state index contributed by atoms with van der Waals surface area (Å²) < 4.78 is 44.3. The van der Waals surface area contributed by atoms with E-state index in [0.29, 0.717) is 28.6 Å². The first-order chi connectivity index (χ1) is 14.8. The van der Waals surface area contributed by atoms with Crippen LogP contribution in [0.2, 0.25) is 0 Å². The lowest BCUT2D eigenvalue weighted by atomic mass is 10.2. The second-order valence-electron chi connectivity index (χ2n) is 6.76. The molecule has 3 aromatic rings. The number of aromatic nitrogens is 2. The molecule has 0 fully saturated rings. The molecule has 2 amide bonds. The van der Waals surface area contributed by atoms with Gasteiger partial charge in [0, 0.05) is 23.6 Å². The van der Waals surface area contributed by atoms with E-state index in [-0.39, 0.29) is 24.6 Å². The van der Waals surface area contributed by atoms with Gasteiger partial charge in [-0.25, -0.2) is 9.78 Å². The van der Waals surface area contributed by atoms with Gasteiger partial charge in [0.2, 0.25) is 11.4 Å². The molecule has 0 spiro atoms. The number of carbonyl (C=O) groups excluding carboxylic acids is 1. The van der Waals surface area contributed by atoms with Crippen molar-refractivity contribution in [3.63, 3.8) is 0 Å². The molecule has 2 heterocycles. The number of urea groups is 1. The van der Waals surface area contributed by atoms with Crippen molar-refractivity contribution in [2.75, 3.05) is 11.9 Å². The molecule has 0 unspecified atom stereocenters. The minimum absolute atomic E-state index is 0.0833. The zero-order valence-electron chi connectivity index (χ0n) is 16.7. The zero-order chi connectivity index (χ0) is 22.4. The lowest BCUT2D eigenvalue weighted by Crippen LogP contribution is -2.28. The highest BCUT2D eigenvalue weighted by Crippen LogP contribution is 2.30. The molecule has 0 saturated heterocycles. The number of pyridine rings is 2. The van der Waals surface area contributed by atoms with Gasteiger partial charge in [-0.2, -0.15) is 13.2 Å². The number of benzene rings is 1. The van der Waals surface area contributed by atoms with Crippen LogP contribution in [0.25, 0.3) is 10.9 Å². The molecule has 0 aliphatic rings. The number of hydrogen-bond acceptors (Lipinski definition) is 4. The zero-order valence-corrected chi connectivity index (χ0v) is 16.7. The van der Waals surface area contributed by atoms with Crippen molar-refractivity contribution in [1.82, 2.24) is 15.3 Å². The number of amides is 2. The molecule has 0 saturated carbocycles. The maximum atomic E-state index is 13.0. The van der Waals surface area contributed by atoms with Crippen LogP contribution in [0.3, 0.4) is 0 Å². The van der Waals surface area contributed by atoms with E-state index in [1.807, 2.05) is 6.92 Å². The molecule has 0 aliphatic heterocycles. The summed E-state index contributed by atoms with van der Waals surface area (Å²) in [6, 6.07) is 9.49. The molecule has 164 valence electrons. The summed E-state index contributed by atoms with van der Waals surface area (Å²) in [6.07, 6.45) is -3.12. The van der Waals surface area contributed by atoms with Crippen molar-refractivity contribution in [3.05, 3.63) is 64.1 Å². The molecule has 1 aromatic carbocycles. The van der Waals surface area contributed by atoms with E-state index in [0.717, 1.165) is 12.5 Å². The molecule has 10 heteroatoms. The smallest absolute Gasteiger partial charge is 0.433 e. The van der Waals surface area contributed by atoms with Gasteiger partial charge in [-0.3, -0.25) is 4.79 Å². The molecule has 31 heavy (non-hydrogen) atoms. The number of anilines is 1. The highest BCUT2D eigenvalue weighted by molar-refractivity contribution is 6.00. The quantitative estimate of drug-likeness (QED) is 0.479. The maximum absolute atomic E-state index is 13.0. The lowest BCUT2D eigenvalue weighted by molar-refractivity contribution is -0.141. The van der Waals surface area contributed by atoms with Crippen LogP contribution in [0.1, 0.15) is 31.0 Å². The molecule has 3 rings (SSSR count). The number of nitrogens with zero attached hydrogens (tertiary/aromatic N) is 1. The number of nitrogens with one attached hydrogen (secondary N) is 3. The van der Waals surface area contributed by atoms with Crippen LogP contribution in [-0.2, 0) is 12.7 Å². The molecular formula is C21H21F3N4O3. The molecule has 0 atom stereocenters. The van der Waals surface area contributed by atoms with Crippen molar-refractivity contribution in [3.8, 4) is 5.88 Å². The third kappa shape index (κ3) is 5.74. The van der Waals surface area contributed by atoms with Gasteiger partial charge in [0.1, 0.15) is 5.69 Å². The largest absolute Gasteiger partial charge is 0.477 e. The standard InChI is InChI=1S/C21H21F3N4O3/c1-2-3-11-31-19-13(7-9-17(28-19)21(22,23)24)12-25-20(30)27-16-6-4-5-15-14(16)8-10-18(29)26-15/h4-10H,2-3,11-12H2,1H3,(H,26,29)(H2,25,27,30). The molecule has 0 bridgehead atoms. The van der Waals surface area contributed by atoms with Gasteiger partial charge >= 0.3 is 12.2 Å². The molecule has 0 radical (unpaired) electrons. The van der Waals surface area contributed by atoms with E-state index in [1.165, 1.54) is 12.1 Å². The Kier molecular flexibility index (Phi) is 6.78. The Bertz CT molecular complexity index is 1130. The van der Waals surface area contributed by atoms with Gasteiger partial charge in [-0.1, -0.05) is 19.4 Å². The fraction of sp³-hybridized carbons (Fsp3) is 0.286. The summed E-state index contributed by atoms with van der Waals surface area (Å²) in [6.45, 7) is 2.07. The summed E-state index contributed by atoms with van der Waals surface area (Å²) in [5.74, 6) is -0.161. The summed E-state index contributed by atoms with van der Waals surface area (Å²) in [4.78, 5) is 30.0. The second-order valence-corrected chi connectivity index (χ2v) is 6.76. The van der Waals surface area contributed by atoms with E-state index in [9.17, 15) is 22.8 Å². The minimum Gasteiger partial charge on any atom is -0.477 e. The van der Waals surface area contributed by atoms with Crippen molar-refractivity contribution in [1.29, 1.82) is 0 Å². The lowest BCUT2D eigenvalue weighted by Gasteiger charge is -2.14. The Morgan fingerprint density at radius 1 is 1.16 bits per heavy atom. The van der Waals surface area contributed by atoms with Gasteiger partial charge in [-0.15, -0.1) is 0 Å². The number of ether oxygens (including phenoxy) is 1. The first-order valence-corrected chi connectivity index (χ1v) is 9.64. The Labute approximate surface area is 175 Å². The third-order valence-electron chi connectivity index (χ3n) is 4.42. The second kappa shape index (κ2) is 9.50. The van der Waals surface area contributed by atoms with Crippen molar-refractivity contribution in [2.24, 2.45) is 0 Å².